The van der Waals surface area contributed by atoms with Crippen molar-refractivity contribution in [3.63, 3.8) is 0 Å². The van der Waals surface area contributed by atoms with E-state index in [1.165, 1.54) is 122 Å². The molecule has 5 atom stereocenters. The normalized spacial score (nSPS) is 14.3. The van der Waals surface area contributed by atoms with Gasteiger partial charge < -0.3 is 33.8 Å². The number of esters is 4. The van der Waals surface area contributed by atoms with Crippen molar-refractivity contribution in [3.8, 4) is 0 Å². The molecule has 0 radical (unpaired) electrons. The number of hydrogen-bond donors (Lipinski definition) is 3. The van der Waals surface area contributed by atoms with Gasteiger partial charge in [0.15, 0.2) is 12.2 Å². The molecule has 0 aromatic rings. The average molecular weight is 1450 g/mol. The van der Waals surface area contributed by atoms with Gasteiger partial charge in [0.2, 0.25) is 0 Å². The minimum Gasteiger partial charge on any atom is -0.462 e. The van der Waals surface area contributed by atoms with Gasteiger partial charge in [-0.2, -0.15) is 0 Å². The quantitative estimate of drug-likeness (QED) is 0.0128. The highest BCUT2D eigenvalue weighted by Gasteiger charge is 2.30. The number of carbonyl (C=O) groups is 4. The zero-order valence-corrected chi connectivity index (χ0v) is 65.4. The molecule has 0 aliphatic rings. The third-order valence-electron chi connectivity index (χ3n) is 17.1. The molecule has 0 aliphatic carbocycles. The molecular weight excluding hydrogens is 1310 g/mol. The Morgan fingerprint density at radius 1 is 0.290 bits per heavy atom. The predicted molar refractivity (Wildman–Crippen MR) is 409 cm³/mol. The number of phosphoric acid groups is 2. The van der Waals surface area contributed by atoms with Crippen LogP contribution < -0.4 is 0 Å². The van der Waals surface area contributed by atoms with Gasteiger partial charge in [-0.05, 0) is 135 Å². The molecule has 0 heterocycles. The van der Waals surface area contributed by atoms with Crippen LogP contribution in [-0.2, 0) is 65.4 Å². The highest BCUT2D eigenvalue weighted by Crippen LogP contribution is 2.45. The van der Waals surface area contributed by atoms with Gasteiger partial charge in [-0.15, -0.1) is 0 Å². The van der Waals surface area contributed by atoms with Crippen molar-refractivity contribution < 1.29 is 80.2 Å². The van der Waals surface area contributed by atoms with Gasteiger partial charge in [0.25, 0.3) is 0 Å². The summed E-state index contributed by atoms with van der Waals surface area (Å²) in [6, 6.07) is 0. The largest absolute Gasteiger partial charge is 0.472 e. The maximum absolute atomic E-state index is 13.1. The highest BCUT2D eigenvalue weighted by atomic mass is 31.2. The lowest BCUT2D eigenvalue weighted by molar-refractivity contribution is -0.161. The number of hydrogen-bond acceptors (Lipinski definition) is 15. The van der Waals surface area contributed by atoms with Crippen LogP contribution in [0.15, 0.2) is 72.9 Å². The van der Waals surface area contributed by atoms with E-state index in [0.717, 1.165) is 161 Å². The van der Waals surface area contributed by atoms with Crippen LogP contribution in [0.5, 0.6) is 0 Å². The Morgan fingerprint density at radius 2 is 0.520 bits per heavy atom. The van der Waals surface area contributed by atoms with Crippen LogP contribution in [0.4, 0.5) is 0 Å². The number of allylic oxidation sites excluding steroid dienone is 12. The van der Waals surface area contributed by atoms with E-state index in [1.54, 1.807) is 0 Å². The minimum atomic E-state index is -4.98. The molecular formula is C81H146O17P2. The highest BCUT2D eigenvalue weighted by molar-refractivity contribution is 7.47. The van der Waals surface area contributed by atoms with Crippen LogP contribution in [-0.4, -0.2) is 96.7 Å². The van der Waals surface area contributed by atoms with Gasteiger partial charge in [-0.3, -0.25) is 37.3 Å². The zero-order valence-electron chi connectivity index (χ0n) is 63.6. The first-order valence-electron chi connectivity index (χ1n) is 40.2. The van der Waals surface area contributed by atoms with E-state index in [-0.39, 0.29) is 25.7 Å². The van der Waals surface area contributed by atoms with Gasteiger partial charge in [0.05, 0.1) is 26.4 Å². The number of aliphatic hydroxyl groups is 1. The molecule has 582 valence electrons. The first-order chi connectivity index (χ1) is 48.7. The van der Waals surface area contributed by atoms with Crippen molar-refractivity contribution in [2.75, 3.05) is 39.6 Å². The predicted octanol–water partition coefficient (Wildman–Crippen LogP) is 23.2. The van der Waals surface area contributed by atoms with E-state index in [0.29, 0.717) is 25.7 Å². The Bertz CT molecular complexity index is 2180. The molecule has 0 spiro atoms. The zero-order chi connectivity index (χ0) is 73.2. The maximum atomic E-state index is 13.1. The molecule has 0 saturated heterocycles. The van der Waals surface area contributed by atoms with Gasteiger partial charge in [0, 0.05) is 25.7 Å². The fraction of sp³-hybridized carbons (Fsp3) is 0.802. The SMILES string of the molecule is CCCCC/C=C\C/C=C\CCCCCCCC(=O)OC[C@H](COP(=O)(O)OC[C@@H](O)COP(=O)(O)OC[C@@H](COC(=O)CCCCCCC/C=C\C=C/CCCCCC)OC(=O)CCCCCCC/C=C\CCCCCCCC)OC(=O)CCCCCCC/C=C\CCCCCCCC. The number of aliphatic hydroxyl groups excluding tert-OH is 1. The smallest absolute Gasteiger partial charge is 0.462 e. The van der Waals surface area contributed by atoms with Crippen molar-refractivity contribution in [2.45, 2.75) is 380 Å². The molecule has 100 heavy (non-hydrogen) atoms. The van der Waals surface area contributed by atoms with E-state index in [4.69, 9.17) is 37.0 Å². The number of ether oxygens (including phenoxy) is 4. The Labute approximate surface area is 609 Å². The van der Waals surface area contributed by atoms with E-state index in [9.17, 15) is 43.2 Å². The van der Waals surface area contributed by atoms with E-state index in [2.05, 4.69) is 101 Å². The summed E-state index contributed by atoms with van der Waals surface area (Å²) in [5.74, 6) is -2.20. The molecule has 0 aromatic carbocycles. The molecule has 2 unspecified atom stereocenters. The third kappa shape index (κ3) is 72.8. The fourth-order valence-corrected chi connectivity index (χ4v) is 12.5. The summed E-state index contributed by atoms with van der Waals surface area (Å²) in [5, 5.41) is 10.6. The molecule has 0 bridgehead atoms. The lowest BCUT2D eigenvalue weighted by Crippen LogP contribution is -2.30. The molecule has 0 aliphatic heterocycles. The van der Waals surface area contributed by atoms with Crippen LogP contribution in [0.1, 0.15) is 362 Å². The molecule has 0 rings (SSSR count). The van der Waals surface area contributed by atoms with Crippen LogP contribution in [0.2, 0.25) is 0 Å². The Hall–Kier alpha value is -3.50. The number of carbonyl (C=O) groups excluding carboxylic acids is 4. The van der Waals surface area contributed by atoms with E-state index < -0.39 is 97.5 Å². The summed E-state index contributed by atoms with van der Waals surface area (Å²) in [4.78, 5) is 73.0. The van der Waals surface area contributed by atoms with Crippen molar-refractivity contribution >= 4 is 39.5 Å². The summed E-state index contributed by atoms with van der Waals surface area (Å²) in [5.41, 5.74) is 0. The van der Waals surface area contributed by atoms with Crippen molar-refractivity contribution in [2.24, 2.45) is 0 Å². The van der Waals surface area contributed by atoms with Crippen LogP contribution in [0.25, 0.3) is 0 Å². The monoisotopic (exact) mass is 1450 g/mol. The first kappa shape index (κ1) is 96.5. The number of unbranched alkanes of at least 4 members (excludes halogenated alkanes) is 39. The Balaban J connectivity index is 5.37. The third-order valence-corrected chi connectivity index (χ3v) is 19.0. The van der Waals surface area contributed by atoms with Gasteiger partial charge >= 0.3 is 39.5 Å². The van der Waals surface area contributed by atoms with Crippen LogP contribution in [0, 0.1) is 0 Å². The second kappa shape index (κ2) is 73.8. The fourth-order valence-electron chi connectivity index (χ4n) is 10.9. The summed E-state index contributed by atoms with van der Waals surface area (Å²) in [7, 11) is -9.96. The lowest BCUT2D eigenvalue weighted by Gasteiger charge is -2.21. The Kier molecular flexibility index (Phi) is 71.2. The molecule has 0 amide bonds. The minimum absolute atomic E-state index is 0.0841. The standard InChI is InChI=1S/C81H146O17P2/c1-5-9-13-17-21-25-29-33-37-41-45-49-53-57-61-65-78(83)91-71-76(97-80(85)67-63-59-55-51-47-43-39-35-31-27-23-19-15-11-7-3)73-95-99(87,88)93-69-75(82)70-94-100(89,90)96-74-77(98-81(86)68-64-60-56-52-48-44-40-36-32-28-24-20-16-12-8-4)72-92-79(84)66-62-58-54-50-46-42-38-34-30-26-22-18-14-10-6-2/h21,25-26,30,33-40,75-77,82H,5-20,22-24,27-29,31-32,41-74H2,1-4H3,(H,87,88)(H,89,90)/b25-21-,30-26-,37-33-,38-34-,39-35-,40-36-/t75-,76-,77-/m1/s1. The average Bonchev–Trinajstić information content (AvgIpc) is 1.01. The summed E-state index contributed by atoms with van der Waals surface area (Å²) in [6.45, 7) is 4.82. The van der Waals surface area contributed by atoms with Gasteiger partial charge in [-0.25, -0.2) is 9.13 Å². The van der Waals surface area contributed by atoms with Crippen LogP contribution >= 0.6 is 15.6 Å². The second-order valence-corrected chi connectivity index (χ2v) is 29.9. The number of phosphoric ester groups is 2. The summed E-state index contributed by atoms with van der Waals surface area (Å²) < 4.78 is 68.6. The first-order valence-corrected chi connectivity index (χ1v) is 43.2. The van der Waals surface area contributed by atoms with Crippen molar-refractivity contribution in [3.05, 3.63) is 72.9 Å². The molecule has 19 heteroatoms. The maximum Gasteiger partial charge on any atom is 0.472 e. The number of rotatable bonds is 76. The molecule has 3 N–H and O–H groups in total. The topological polar surface area (TPSA) is 237 Å². The Morgan fingerprint density at radius 3 is 0.840 bits per heavy atom. The lowest BCUT2D eigenvalue weighted by atomic mass is 10.1. The van der Waals surface area contributed by atoms with Gasteiger partial charge in [-0.1, -0.05) is 274 Å². The molecule has 0 aromatic heterocycles. The molecule has 0 saturated carbocycles. The molecule has 17 nitrogen and oxygen atoms in total. The van der Waals surface area contributed by atoms with Crippen molar-refractivity contribution in [1.82, 2.24) is 0 Å². The molecule has 0 fully saturated rings. The second-order valence-electron chi connectivity index (χ2n) is 27.0. The van der Waals surface area contributed by atoms with Gasteiger partial charge in [0.1, 0.15) is 19.3 Å². The summed E-state index contributed by atoms with van der Waals surface area (Å²) >= 11 is 0. The van der Waals surface area contributed by atoms with E-state index in [1.807, 2.05) is 0 Å². The van der Waals surface area contributed by atoms with Crippen LogP contribution in [0.3, 0.4) is 0 Å². The summed E-state index contributed by atoms with van der Waals surface area (Å²) in [6.07, 6.45) is 74.4. The van der Waals surface area contributed by atoms with E-state index >= 15 is 0 Å². The van der Waals surface area contributed by atoms with Crippen molar-refractivity contribution in [1.29, 1.82) is 0 Å².